The Morgan fingerprint density at radius 3 is 2.83 bits per heavy atom. The van der Waals surface area contributed by atoms with Crippen LogP contribution in [0.5, 0.6) is 0 Å². The van der Waals surface area contributed by atoms with Crippen LogP contribution in [0, 0.1) is 0 Å². The minimum Gasteiger partial charge on any atom is -0.378 e. The van der Waals surface area contributed by atoms with Gasteiger partial charge in [-0.1, -0.05) is 38.5 Å². The number of benzene rings is 1. The van der Waals surface area contributed by atoms with E-state index in [4.69, 9.17) is 0 Å². The molecule has 6 nitrogen and oxygen atoms in total. The number of pyridine rings is 1. The molecular weight excluding hydrogens is 374 g/mol. The number of amides is 1. The first-order valence-corrected chi connectivity index (χ1v) is 11.3. The lowest BCUT2D eigenvalue weighted by Crippen LogP contribution is -2.50. The Kier molecular flexibility index (Phi) is 6.65. The van der Waals surface area contributed by atoms with Gasteiger partial charge in [0.05, 0.1) is 17.9 Å². The van der Waals surface area contributed by atoms with E-state index < -0.39 is 0 Å². The molecule has 1 saturated heterocycles. The van der Waals surface area contributed by atoms with E-state index in [9.17, 15) is 4.79 Å². The molecular formula is C24H33N5O. The Morgan fingerprint density at radius 1 is 1.17 bits per heavy atom. The maximum atomic E-state index is 13.7. The smallest absolute Gasteiger partial charge is 0.246 e. The van der Waals surface area contributed by atoms with Crippen molar-refractivity contribution >= 4 is 23.1 Å². The fourth-order valence-corrected chi connectivity index (χ4v) is 4.65. The molecule has 1 atom stereocenters. The topological polar surface area (TPSA) is 51.7 Å². The highest BCUT2D eigenvalue weighted by Crippen LogP contribution is 2.36. The largest absolute Gasteiger partial charge is 0.378 e. The molecule has 160 valence electrons. The van der Waals surface area contributed by atoms with Crippen molar-refractivity contribution in [3.8, 4) is 0 Å². The number of likely N-dealkylation sites (tertiary alicyclic amines) is 1. The number of anilines is 3. The summed E-state index contributed by atoms with van der Waals surface area (Å²) in [5.74, 6) is 0.794. The highest BCUT2D eigenvalue weighted by atomic mass is 16.2. The predicted octanol–water partition coefficient (Wildman–Crippen LogP) is 3.87. The van der Waals surface area contributed by atoms with Crippen LogP contribution >= 0.6 is 0 Å². The maximum absolute atomic E-state index is 13.7. The van der Waals surface area contributed by atoms with E-state index in [2.05, 4.69) is 40.0 Å². The van der Waals surface area contributed by atoms with Gasteiger partial charge >= 0.3 is 0 Å². The second-order valence-electron chi connectivity index (χ2n) is 8.19. The number of para-hydroxylation sites is 1. The molecule has 0 unspecified atom stereocenters. The first-order valence-electron chi connectivity index (χ1n) is 11.3. The number of piperidine rings is 1. The summed E-state index contributed by atoms with van der Waals surface area (Å²) >= 11 is 0. The molecule has 2 aliphatic rings. The lowest BCUT2D eigenvalue weighted by Gasteiger charge is -2.38. The van der Waals surface area contributed by atoms with Crippen molar-refractivity contribution in [3.63, 3.8) is 0 Å². The van der Waals surface area contributed by atoms with Gasteiger partial charge in [-0.25, -0.2) is 4.98 Å². The number of carbonyl (C=O) groups is 1. The molecule has 0 bridgehead atoms. The van der Waals surface area contributed by atoms with Crippen LogP contribution in [0.3, 0.4) is 0 Å². The zero-order valence-electron chi connectivity index (χ0n) is 18.2. The normalized spacial score (nSPS) is 19.0. The van der Waals surface area contributed by atoms with Gasteiger partial charge in [-0.2, -0.15) is 0 Å². The van der Waals surface area contributed by atoms with E-state index in [1.54, 1.807) is 6.20 Å². The molecule has 4 rings (SSSR count). The van der Waals surface area contributed by atoms with Gasteiger partial charge in [0, 0.05) is 25.3 Å². The highest BCUT2D eigenvalue weighted by molar-refractivity contribution is 6.04. The number of nitrogens with one attached hydrogen (secondary N) is 1. The summed E-state index contributed by atoms with van der Waals surface area (Å²) < 4.78 is 0. The summed E-state index contributed by atoms with van der Waals surface area (Å²) in [6.45, 7) is 9.67. The summed E-state index contributed by atoms with van der Waals surface area (Å²) in [7, 11) is 0. The molecule has 1 N–H and O–H groups in total. The second kappa shape index (κ2) is 9.58. The van der Waals surface area contributed by atoms with Crippen LogP contribution in [0.2, 0.25) is 0 Å². The molecule has 2 aliphatic heterocycles. The van der Waals surface area contributed by atoms with E-state index in [0.717, 1.165) is 56.0 Å². The average Bonchev–Trinajstić information content (AvgIpc) is 2.95. The molecule has 30 heavy (non-hydrogen) atoms. The SMILES string of the molecule is CCN(CC)C[C@H]1CCCCN1CC(=O)N1c2ccccc2CNc2cccnc21. The molecule has 2 aromatic rings. The fourth-order valence-electron chi connectivity index (χ4n) is 4.65. The monoisotopic (exact) mass is 407 g/mol. The van der Waals surface area contributed by atoms with Crippen LogP contribution in [0.1, 0.15) is 38.7 Å². The van der Waals surface area contributed by atoms with E-state index in [-0.39, 0.29) is 5.91 Å². The number of nitrogens with zero attached hydrogens (tertiary/aromatic N) is 4. The van der Waals surface area contributed by atoms with Gasteiger partial charge in [-0.3, -0.25) is 14.6 Å². The summed E-state index contributed by atoms with van der Waals surface area (Å²) in [6, 6.07) is 12.5. The summed E-state index contributed by atoms with van der Waals surface area (Å²) in [6.07, 6.45) is 5.34. The number of rotatable bonds is 6. The molecule has 1 fully saturated rings. The summed E-state index contributed by atoms with van der Waals surface area (Å²) in [5.41, 5.74) is 2.95. The Labute approximate surface area is 179 Å². The lowest BCUT2D eigenvalue weighted by atomic mass is 10.0. The summed E-state index contributed by atoms with van der Waals surface area (Å²) in [4.78, 5) is 25.0. The number of hydrogen-bond acceptors (Lipinski definition) is 5. The first-order chi connectivity index (χ1) is 14.7. The average molecular weight is 408 g/mol. The van der Waals surface area contributed by atoms with Crippen LogP contribution in [-0.4, -0.2) is 59.5 Å². The van der Waals surface area contributed by atoms with E-state index >= 15 is 0 Å². The number of carbonyl (C=O) groups excluding carboxylic acids is 1. The molecule has 1 aromatic heterocycles. The molecule has 1 amide bonds. The van der Waals surface area contributed by atoms with Crippen molar-refractivity contribution in [2.75, 3.05) is 42.9 Å². The van der Waals surface area contributed by atoms with Gasteiger partial charge in [-0.15, -0.1) is 0 Å². The zero-order valence-corrected chi connectivity index (χ0v) is 18.2. The third-order valence-corrected chi connectivity index (χ3v) is 6.40. The van der Waals surface area contributed by atoms with Crippen molar-refractivity contribution in [2.45, 2.75) is 45.7 Å². The summed E-state index contributed by atoms with van der Waals surface area (Å²) in [5, 5.41) is 3.44. The van der Waals surface area contributed by atoms with Gasteiger partial charge < -0.3 is 10.2 Å². The molecule has 0 spiro atoms. The maximum Gasteiger partial charge on any atom is 0.246 e. The van der Waals surface area contributed by atoms with Gasteiger partial charge in [0.2, 0.25) is 5.91 Å². The van der Waals surface area contributed by atoms with E-state index in [1.807, 2.05) is 35.2 Å². The quantitative estimate of drug-likeness (QED) is 0.788. The van der Waals surface area contributed by atoms with Crippen LogP contribution in [0.25, 0.3) is 0 Å². The minimum atomic E-state index is 0.0950. The van der Waals surface area contributed by atoms with Gasteiger partial charge in [0.25, 0.3) is 0 Å². The Balaban J connectivity index is 1.61. The van der Waals surface area contributed by atoms with E-state index in [1.165, 1.54) is 6.42 Å². The molecule has 6 heteroatoms. The van der Waals surface area contributed by atoms with Gasteiger partial charge in [0.1, 0.15) is 0 Å². The third kappa shape index (κ3) is 4.35. The molecule has 0 radical (unpaired) electrons. The van der Waals surface area contributed by atoms with Crippen LogP contribution in [0.15, 0.2) is 42.6 Å². The fraction of sp³-hybridized carbons (Fsp3) is 0.500. The van der Waals surface area contributed by atoms with Crippen LogP contribution < -0.4 is 10.2 Å². The number of aromatic nitrogens is 1. The minimum absolute atomic E-state index is 0.0950. The molecule has 1 aromatic carbocycles. The molecule has 3 heterocycles. The Morgan fingerprint density at radius 2 is 2.00 bits per heavy atom. The molecule has 0 aliphatic carbocycles. The number of hydrogen-bond donors (Lipinski definition) is 1. The van der Waals surface area contributed by atoms with Crippen LogP contribution in [0.4, 0.5) is 17.2 Å². The Bertz CT molecular complexity index is 819. The second-order valence-corrected chi connectivity index (χ2v) is 8.19. The lowest BCUT2D eigenvalue weighted by molar-refractivity contribution is -0.120. The van der Waals surface area contributed by atoms with Crippen LogP contribution in [-0.2, 0) is 11.3 Å². The van der Waals surface area contributed by atoms with Gasteiger partial charge in [-0.05, 0) is 56.2 Å². The Hall–Kier alpha value is -2.44. The molecule has 0 saturated carbocycles. The highest BCUT2D eigenvalue weighted by Gasteiger charge is 2.31. The van der Waals surface area contributed by atoms with Crippen molar-refractivity contribution < 1.29 is 4.79 Å². The number of likely N-dealkylation sites (N-methyl/N-ethyl adjacent to an activating group) is 1. The van der Waals surface area contributed by atoms with Crippen molar-refractivity contribution in [3.05, 3.63) is 48.2 Å². The van der Waals surface area contributed by atoms with Crippen molar-refractivity contribution in [1.82, 2.24) is 14.8 Å². The van der Waals surface area contributed by atoms with Crippen molar-refractivity contribution in [1.29, 1.82) is 0 Å². The van der Waals surface area contributed by atoms with E-state index in [0.29, 0.717) is 24.9 Å². The standard InChI is InChI=1S/C24H33N5O/c1-3-27(4-2)17-20-11-7-8-15-28(20)18-23(30)29-22-13-6-5-10-19(22)16-26-21-12-9-14-25-24(21)29/h5-6,9-10,12-14,20,26H,3-4,7-8,11,15-18H2,1-2H3/t20-/m1/s1. The predicted molar refractivity (Wildman–Crippen MR) is 122 cm³/mol. The first kappa shape index (κ1) is 20.8. The third-order valence-electron chi connectivity index (χ3n) is 6.40. The number of fused-ring (bicyclic) bond motifs is 2. The zero-order chi connectivity index (χ0) is 20.9. The van der Waals surface area contributed by atoms with Crippen molar-refractivity contribution in [2.24, 2.45) is 0 Å². The van der Waals surface area contributed by atoms with Gasteiger partial charge in [0.15, 0.2) is 5.82 Å².